The molecule has 3 aromatic heterocycles. The van der Waals surface area contributed by atoms with Crippen LogP contribution in [0.4, 0.5) is 4.39 Å². The summed E-state index contributed by atoms with van der Waals surface area (Å²) in [5, 5.41) is 1.73. The molecule has 2 aromatic carbocycles. The highest BCUT2D eigenvalue weighted by molar-refractivity contribution is 6.12. The first-order valence-corrected chi connectivity index (χ1v) is 9.37. The Morgan fingerprint density at radius 1 is 0.931 bits per heavy atom. The first-order valence-electron chi connectivity index (χ1n) is 9.37. The average Bonchev–Trinajstić information content (AvgIpc) is 3.28. The summed E-state index contributed by atoms with van der Waals surface area (Å²) in [5.74, 6) is -0.398. The molecule has 0 bridgehead atoms. The largest absolute Gasteiger partial charge is 0.351 e. The molecule has 0 fully saturated rings. The summed E-state index contributed by atoms with van der Waals surface area (Å²) in [6.07, 6.45) is 5.43. The predicted octanol–water partition coefficient (Wildman–Crippen LogP) is 4.95. The van der Waals surface area contributed by atoms with Crippen LogP contribution in [0.5, 0.6) is 0 Å². The van der Waals surface area contributed by atoms with Crippen molar-refractivity contribution in [3.05, 3.63) is 102 Å². The molecule has 0 N–H and O–H groups in total. The smallest absolute Gasteiger partial charge is 0.209 e. The molecule has 142 valence electrons. The fraction of sp³-hybridized carbons (Fsp3) is 0.0833. The average molecular weight is 383 g/mol. The van der Waals surface area contributed by atoms with Crippen LogP contribution in [-0.4, -0.2) is 19.9 Å². The zero-order chi connectivity index (χ0) is 20.0. The maximum atomic E-state index is 13.8. The molecule has 0 spiro atoms. The van der Waals surface area contributed by atoms with Gasteiger partial charge >= 0.3 is 0 Å². The van der Waals surface area contributed by atoms with Crippen molar-refractivity contribution in [2.45, 2.75) is 6.54 Å². The summed E-state index contributed by atoms with van der Waals surface area (Å²) >= 11 is 0. The zero-order valence-electron chi connectivity index (χ0n) is 15.8. The molecule has 0 unspecified atom stereocenters. The summed E-state index contributed by atoms with van der Waals surface area (Å²) in [5.41, 5.74) is 4.07. The van der Waals surface area contributed by atoms with E-state index in [1.807, 2.05) is 58.8 Å². The minimum absolute atomic E-state index is 0.0820. The number of carbonyl (C=O) groups excluding carboxylic acids is 1. The second-order valence-corrected chi connectivity index (χ2v) is 7.20. The van der Waals surface area contributed by atoms with Gasteiger partial charge in [0.05, 0.1) is 5.69 Å². The minimum atomic E-state index is -0.316. The number of rotatable bonds is 4. The number of nitrogens with zero attached hydrogens (tertiary/aromatic N) is 3. The topological polar surface area (TPSA) is 39.8 Å². The van der Waals surface area contributed by atoms with Gasteiger partial charge in [0.2, 0.25) is 5.78 Å². The summed E-state index contributed by atoms with van der Waals surface area (Å²) in [6.45, 7) is 0.506. The number of ketones is 1. The maximum Gasteiger partial charge on any atom is 0.209 e. The van der Waals surface area contributed by atoms with Crippen LogP contribution in [0.3, 0.4) is 0 Å². The third kappa shape index (κ3) is 3.01. The molecule has 0 aliphatic heterocycles. The number of hydrogen-bond acceptors (Lipinski definition) is 2. The van der Waals surface area contributed by atoms with Crippen molar-refractivity contribution in [2.24, 2.45) is 7.05 Å². The lowest BCUT2D eigenvalue weighted by Gasteiger charge is -2.11. The summed E-state index contributed by atoms with van der Waals surface area (Å²) in [4.78, 5) is 17.5. The molecule has 0 aliphatic rings. The fourth-order valence-electron chi connectivity index (χ4n) is 3.84. The Morgan fingerprint density at radius 2 is 1.72 bits per heavy atom. The van der Waals surface area contributed by atoms with Gasteiger partial charge in [0, 0.05) is 59.6 Å². The molecule has 3 heterocycles. The van der Waals surface area contributed by atoms with E-state index < -0.39 is 0 Å². The molecular formula is C24H18FN3O. The number of benzene rings is 2. The molecule has 5 heteroatoms. The van der Waals surface area contributed by atoms with Crippen LogP contribution in [0, 0.1) is 5.82 Å². The molecule has 5 aromatic rings. The van der Waals surface area contributed by atoms with E-state index in [1.165, 1.54) is 12.1 Å². The molecule has 0 amide bonds. The lowest BCUT2D eigenvalue weighted by atomic mass is 10.1. The second-order valence-electron chi connectivity index (χ2n) is 7.20. The van der Waals surface area contributed by atoms with E-state index in [4.69, 9.17) is 0 Å². The van der Waals surface area contributed by atoms with Gasteiger partial charge in [-0.1, -0.05) is 0 Å². The van der Waals surface area contributed by atoms with E-state index in [-0.39, 0.29) is 11.6 Å². The van der Waals surface area contributed by atoms with Crippen LogP contribution in [0.25, 0.3) is 21.8 Å². The van der Waals surface area contributed by atoms with Gasteiger partial charge in [-0.2, -0.15) is 0 Å². The van der Waals surface area contributed by atoms with E-state index in [1.54, 1.807) is 24.5 Å². The number of aromatic nitrogens is 3. The number of carbonyl (C=O) groups is 1. The fourth-order valence-corrected chi connectivity index (χ4v) is 3.84. The van der Waals surface area contributed by atoms with Gasteiger partial charge in [-0.25, -0.2) is 4.39 Å². The molecule has 0 atom stereocenters. The van der Waals surface area contributed by atoms with Gasteiger partial charge in [0.25, 0.3) is 0 Å². The molecule has 0 saturated heterocycles. The molecule has 0 aliphatic carbocycles. The number of halogens is 1. The van der Waals surface area contributed by atoms with Crippen molar-refractivity contribution in [1.29, 1.82) is 0 Å². The summed E-state index contributed by atoms with van der Waals surface area (Å²) in [6, 6.07) is 17.9. The summed E-state index contributed by atoms with van der Waals surface area (Å²) in [7, 11) is 1.98. The van der Waals surface area contributed by atoms with Crippen molar-refractivity contribution >= 4 is 27.6 Å². The quantitative estimate of drug-likeness (QED) is 0.412. The number of pyridine rings is 1. The number of fused-ring (bicyclic) bond motifs is 2. The van der Waals surface area contributed by atoms with E-state index in [0.717, 1.165) is 22.0 Å². The normalized spacial score (nSPS) is 11.4. The Hall–Kier alpha value is -3.73. The van der Waals surface area contributed by atoms with Crippen LogP contribution in [-0.2, 0) is 13.6 Å². The Kier molecular flexibility index (Phi) is 4.02. The molecule has 5 rings (SSSR count). The Morgan fingerprint density at radius 3 is 2.55 bits per heavy atom. The van der Waals surface area contributed by atoms with Gasteiger partial charge in [0.15, 0.2) is 0 Å². The van der Waals surface area contributed by atoms with E-state index in [2.05, 4.69) is 4.98 Å². The Bertz CT molecular complexity index is 1370. The second kappa shape index (κ2) is 6.71. The number of aryl methyl sites for hydroxylation is 1. The predicted molar refractivity (Wildman–Crippen MR) is 112 cm³/mol. The van der Waals surface area contributed by atoms with Crippen molar-refractivity contribution in [3.8, 4) is 0 Å². The van der Waals surface area contributed by atoms with Gasteiger partial charge in [0.1, 0.15) is 5.82 Å². The van der Waals surface area contributed by atoms with E-state index in [9.17, 15) is 9.18 Å². The standard InChI is InChI=1S/C24H18FN3O/c1-27-11-8-17-12-18(2-4-21(17)27)24(29)23-14-19-13-20(25)3-5-22(19)28(23)15-16-6-9-26-10-7-16/h2-14H,15H2,1H3. The highest BCUT2D eigenvalue weighted by atomic mass is 19.1. The lowest BCUT2D eigenvalue weighted by Crippen LogP contribution is -2.11. The molecular weight excluding hydrogens is 365 g/mol. The van der Waals surface area contributed by atoms with Crippen molar-refractivity contribution in [3.63, 3.8) is 0 Å². The highest BCUT2D eigenvalue weighted by Crippen LogP contribution is 2.26. The minimum Gasteiger partial charge on any atom is -0.351 e. The lowest BCUT2D eigenvalue weighted by molar-refractivity contribution is 0.103. The highest BCUT2D eigenvalue weighted by Gasteiger charge is 2.18. The van der Waals surface area contributed by atoms with Crippen molar-refractivity contribution < 1.29 is 9.18 Å². The summed E-state index contributed by atoms with van der Waals surface area (Å²) < 4.78 is 17.8. The third-order valence-electron chi connectivity index (χ3n) is 5.33. The van der Waals surface area contributed by atoms with Crippen LogP contribution in [0.1, 0.15) is 21.6 Å². The van der Waals surface area contributed by atoms with E-state index >= 15 is 0 Å². The third-order valence-corrected chi connectivity index (χ3v) is 5.33. The van der Waals surface area contributed by atoms with Gasteiger partial charge in [-0.05, 0) is 66.2 Å². The van der Waals surface area contributed by atoms with Crippen molar-refractivity contribution in [1.82, 2.24) is 14.1 Å². The van der Waals surface area contributed by atoms with Gasteiger partial charge in [-0.3, -0.25) is 9.78 Å². The number of hydrogen-bond donors (Lipinski definition) is 0. The van der Waals surface area contributed by atoms with Gasteiger partial charge in [-0.15, -0.1) is 0 Å². The molecule has 4 nitrogen and oxygen atoms in total. The Labute approximate surface area is 166 Å². The van der Waals surface area contributed by atoms with Crippen LogP contribution in [0.2, 0.25) is 0 Å². The Balaban J connectivity index is 1.65. The molecule has 0 saturated carbocycles. The van der Waals surface area contributed by atoms with Crippen LogP contribution >= 0.6 is 0 Å². The van der Waals surface area contributed by atoms with Crippen LogP contribution < -0.4 is 0 Å². The van der Waals surface area contributed by atoms with Crippen molar-refractivity contribution in [2.75, 3.05) is 0 Å². The van der Waals surface area contributed by atoms with Crippen LogP contribution in [0.15, 0.2) is 79.3 Å². The first-order chi connectivity index (χ1) is 14.1. The SMILES string of the molecule is Cn1ccc2cc(C(=O)c3cc4cc(F)ccc4n3Cc3ccncc3)ccc21. The first kappa shape index (κ1) is 17.4. The monoisotopic (exact) mass is 383 g/mol. The zero-order valence-corrected chi connectivity index (χ0v) is 15.8. The maximum absolute atomic E-state index is 13.8. The molecule has 29 heavy (non-hydrogen) atoms. The van der Waals surface area contributed by atoms with E-state index in [0.29, 0.717) is 23.2 Å². The molecule has 0 radical (unpaired) electrons. The van der Waals surface area contributed by atoms with Gasteiger partial charge < -0.3 is 9.13 Å².